The van der Waals surface area contributed by atoms with Gasteiger partial charge in [-0.3, -0.25) is 9.88 Å². The molecule has 216 valence electrons. The second kappa shape index (κ2) is 15.3. The van der Waals surface area contributed by atoms with Crippen LogP contribution >= 0.6 is 0 Å². The van der Waals surface area contributed by atoms with E-state index < -0.39 is 0 Å². The molecule has 0 spiro atoms. The zero-order valence-electron chi connectivity index (χ0n) is 23.7. The third-order valence-electron chi connectivity index (χ3n) is 7.00. The summed E-state index contributed by atoms with van der Waals surface area (Å²) in [6, 6.07) is 22.8. The van der Waals surface area contributed by atoms with Gasteiger partial charge in [0.25, 0.3) is 0 Å². The molecule has 2 aromatic heterocycles. The first-order valence-electron chi connectivity index (χ1n) is 14.1. The predicted molar refractivity (Wildman–Crippen MR) is 158 cm³/mol. The van der Waals surface area contributed by atoms with Crippen molar-refractivity contribution < 1.29 is 18.9 Å². The summed E-state index contributed by atoms with van der Waals surface area (Å²) in [6.07, 6.45) is 5.60. The third kappa shape index (κ3) is 8.86. The molecular formula is C32H39N5O4. The van der Waals surface area contributed by atoms with E-state index in [2.05, 4.69) is 68.4 Å². The first kappa shape index (κ1) is 28.8. The van der Waals surface area contributed by atoms with Gasteiger partial charge in [-0.15, -0.1) is 0 Å². The van der Waals surface area contributed by atoms with E-state index in [1.54, 1.807) is 13.3 Å². The van der Waals surface area contributed by atoms with E-state index in [4.69, 9.17) is 18.9 Å². The Morgan fingerprint density at radius 3 is 2.46 bits per heavy atom. The minimum absolute atomic E-state index is 0.433. The minimum atomic E-state index is 0.433. The molecule has 1 fully saturated rings. The monoisotopic (exact) mass is 557 g/mol. The van der Waals surface area contributed by atoms with Crippen LogP contribution < -0.4 is 9.64 Å². The van der Waals surface area contributed by atoms with Gasteiger partial charge in [0.15, 0.2) is 0 Å². The Morgan fingerprint density at radius 2 is 1.66 bits per heavy atom. The summed E-state index contributed by atoms with van der Waals surface area (Å²) in [7, 11) is 1.70. The van der Waals surface area contributed by atoms with Crippen molar-refractivity contribution in [1.82, 2.24) is 19.7 Å². The van der Waals surface area contributed by atoms with Crippen molar-refractivity contribution in [3.8, 4) is 11.4 Å². The highest BCUT2D eigenvalue weighted by molar-refractivity contribution is 5.49. The van der Waals surface area contributed by atoms with Crippen LogP contribution in [0.25, 0.3) is 5.69 Å². The number of rotatable bonds is 15. The lowest BCUT2D eigenvalue weighted by molar-refractivity contribution is 0.00553. The molecule has 9 nitrogen and oxygen atoms in total. The SMILES string of the molecule is COc1cccc(CN(Cc2cccc(-n3cccn3)c2)c2ccnc(COCCOCCN3CCOCC3)c2)c1. The van der Waals surface area contributed by atoms with E-state index >= 15 is 0 Å². The lowest BCUT2D eigenvalue weighted by atomic mass is 10.1. The predicted octanol–water partition coefficient (Wildman–Crippen LogP) is 4.35. The summed E-state index contributed by atoms with van der Waals surface area (Å²) in [6.45, 7) is 8.17. The molecule has 0 saturated carbocycles. The average Bonchev–Trinajstić information content (AvgIpc) is 3.57. The van der Waals surface area contributed by atoms with Gasteiger partial charge in [-0.2, -0.15) is 5.10 Å². The van der Waals surface area contributed by atoms with Gasteiger partial charge in [0, 0.05) is 57.0 Å². The van der Waals surface area contributed by atoms with Crippen molar-refractivity contribution in [3.05, 3.63) is 102 Å². The number of ether oxygens (including phenoxy) is 4. The number of benzene rings is 2. The molecule has 5 rings (SSSR count). The maximum absolute atomic E-state index is 5.90. The molecule has 0 aliphatic carbocycles. The molecule has 41 heavy (non-hydrogen) atoms. The fourth-order valence-corrected chi connectivity index (χ4v) is 4.83. The Hall–Kier alpha value is -3.76. The normalized spacial score (nSPS) is 13.8. The summed E-state index contributed by atoms with van der Waals surface area (Å²) >= 11 is 0. The van der Waals surface area contributed by atoms with Crippen LogP contribution in [0.4, 0.5) is 5.69 Å². The van der Waals surface area contributed by atoms with Crippen LogP contribution in [0.5, 0.6) is 5.75 Å². The summed E-state index contributed by atoms with van der Waals surface area (Å²) in [5.74, 6) is 0.846. The number of pyridine rings is 1. The van der Waals surface area contributed by atoms with Crippen LogP contribution in [0, 0.1) is 0 Å². The van der Waals surface area contributed by atoms with Crippen LogP contribution in [0.3, 0.4) is 0 Å². The quantitative estimate of drug-likeness (QED) is 0.200. The fraction of sp³-hybridized carbons (Fsp3) is 0.375. The minimum Gasteiger partial charge on any atom is -0.497 e. The van der Waals surface area contributed by atoms with Crippen LogP contribution in [0.1, 0.15) is 16.8 Å². The Kier molecular flexibility index (Phi) is 10.7. The highest BCUT2D eigenvalue weighted by atomic mass is 16.5. The second-order valence-electron chi connectivity index (χ2n) is 9.95. The molecule has 0 unspecified atom stereocenters. The number of methoxy groups -OCH3 is 1. The number of morpholine rings is 1. The molecule has 0 atom stereocenters. The lowest BCUT2D eigenvalue weighted by Gasteiger charge is -2.26. The molecular weight excluding hydrogens is 518 g/mol. The number of anilines is 1. The first-order valence-corrected chi connectivity index (χ1v) is 14.1. The highest BCUT2D eigenvalue weighted by Gasteiger charge is 2.12. The molecule has 1 aliphatic rings. The van der Waals surface area contributed by atoms with Gasteiger partial charge in [0.1, 0.15) is 5.75 Å². The number of nitrogens with zero attached hydrogens (tertiary/aromatic N) is 5. The van der Waals surface area contributed by atoms with Crippen molar-refractivity contribution in [2.45, 2.75) is 19.7 Å². The Morgan fingerprint density at radius 1 is 0.854 bits per heavy atom. The van der Waals surface area contributed by atoms with Gasteiger partial charge in [0.2, 0.25) is 0 Å². The smallest absolute Gasteiger partial charge is 0.119 e. The molecule has 0 amide bonds. The maximum Gasteiger partial charge on any atom is 0.119 e. The first-order chi connectivity index (χ1) is 20.3. The van der Waals surface area contributed by atoms with Gasteiger partial charge < -0.3 is 23.8 Å². The van der Waals surface area contributed by atoms with Crippen LogP contribution in [-0.2, 0) is 33.9 Å². The summed E-state index contributed by atoms with van der Waals surface area (Å²) in [5, 5.41) is 4.39. The fourth-order valence-electron chi connectivity index (χ4n) is 4.83. The molecule has 1 saturated heterocycles. The Labute approximate surface area is 242 Å². The van der Waals surface area contributed by atoms with Crippen molar-refractivity contribution in [3.63, 3.8) is 0 Å². The van der Waals surface area contributed by atoms with Crippen molar-refractivity contribution in [2.75, 3.05) is 64.7 Å². The Bertz CT molecular complexity index is 1330. The van der Waals surface area contributed by atoms with E-state index in [0.717, 1.165) is 61.2 Å². The van der Waals surface area contributed by atoms with Crippen LogP contribution in [0.15, 0.2) is 85.3 Å². The molecule has 0 N–H and O–H groups in total. The highest BCUT2D eigenvalue weighted by Crippen LogP contribution is 2.23. The van der Waals surface area contributed by atoms with Crippen LogP contribution in [-0.4, -0.2) is 79.4 Å². The van der Waals surface area contributed by atoms with Gasteiger partial charge in [-0.1, -0.05) is 24.3 Å². The molecule has 9 heteroatoms. The number of hydrogen-bond acceptors (Lipinski definition) is 8. The third-order valence-corrected chi connectivity index (χ3v) is 7.00. The van der Waals surface area contributed by atoms with Crippen molar-refractivity contribution in [2.24, 2.45) is 0 Å². The standard InChI is InChI=1S/C32H39N5O4/c1-38-32-8-3-6-28(22-32)25-36(24-27-5-2-7-31(21-27)37-12-4-10-34-37)30-9-11-33-29(23-30)26-41-20-19-40-18-15-35-13-16-39-17-14-35/h2-12,21-23H,13-20,24-26H2,1H3. The van der Waals surface area contributed by atoms with E-state index in [-0.39, 0.29) is 0 Å². The van der Waals surface area contributed by atoms with Gasteiger partial charge in [0.05, 0.1) is 58.1 Å². The summed E-state index contributed by atoms with van der Waals surface area (Å²) in [5.41, 5.74) is 5.34. The summed E-state index contributed by atoms with van der Waals surface area (Å²) < 4.78 is 24.4. The molecule has 4 aromatic rings. The molecule has 1 aliphatic heterocycles. The van der Waals surface area contributed by atoms with E-state index in [1.165, 1.54) is 5.56 Å². The number of aromatic nitrogens is 3. The zero-order valence-corrected chi connectivity index (χ0v) is 23.7. The van der Waals surface area contributed by atoms with E-state index in [1.807, 2.05) is 35.3 Å². The van der Waals surface area contributed by atoms with E-state index in [0.29, 0.717) is 39.5 Å². The lowest BCUT2D eigenvalue weighted by Crippen LogP contribution is -2.38. The van der Waals surface area contributed by atoms with Gasteiger partial charge in [-0.25, -0.2) is 4.68 Å². The summed E-state index contributed by atoms with van der Waals surface area (Å²) in [4.78, 5) is 9.27. The van der Waals surface area contributed by atoms with Crippen LogP contribution in [0.2, 0.25) is 0 Å². The number of hydrogen-bond donors (Lipinski definition) is 0. The maximum atomic E-state index is 5.90. The largest absolute Gasteiger partial charge is 0.497 e. The zero-order chi connectivity index (χ0) is 28.1. The molecule has 0 bridgehead atoms. The van der Waals surface area contributed by atoms with Crippen molar-refractivity contribution in [1.29, 1.82) is 0 Å². The molecule has 2 aromatic carbocycles. The molecule has 3 heterocycles. The average molecular weight is 558 g/mol. The van der Waals surface area contributed by atoms with Gasteiger partial charge in [-0.05, 0) is 53.6 Å². The van der Waals surface area contributed by atoms with Gasteiger partial charge >= 0.3 is 0 Å². The Balaban J connectivity index is 1.21. The molecule has 0 radical (unpaired) electrons. The topological polar surface area (TPSA) is 74.1 Å². The van der Waals surface area contributed by atoms with Crippen molar-refractivity contribution >= 4 is 5.69 Å². The van der Waals surface area contributed by atoms with E-state index in [9.17, 15) is 0 Å². The second-order valence-corrected chi connectivity index (χ2v) is 9.95.